The lowest BCUT2D eigenvalue weighted by molar-refractivity contribution is -0.385. The fourth-order valence-electron chi connectivity index (χ4n) is 5.34. The second-order valence-electron chi connectivity index (χ2n) is 14.0. The van der Waals surface area contributed by atoms with E-state index < -0.39 is 21.0 Å². The Hall–Kier alpha value is -4.24. The minimum atomic E-state index is -0.487. The van der Waals surface area contributed by atoms with Gasteiger partial charge >= 0.3 is 23.6 Å². The van der Waals surface area contributed by atoms with Gasteiger partial charge in [-0.25, -0.2) is 9.59 Å². The molecule has 2 amide bonds. The normalized spacial score (nSPS) is 16.4. The Kier molecular flexibility index (Phi) is 11.7. The third-order valence-corrected chi connectivity index (χ3v) is 7.80. The summed E-state index contributed by atoms with van der Waals surface area (Å²) in [6.45, 7) is 18.3. The highest BCUT2D eigenvalue weighted by Crippen LogP contribution is 2.25. The fraction of sp³-hybridized carbons (Fsp3) is 0.733. The number of aryl methyl sites for hydroxylation is 1. The standard InChI is InChI=1S/2C15H24N4O4/c1-11-13(19(21)22)9-16-18(11)10-12-5-7-17(8-6-12)14(20)23-15(2,3)4;1-11-13(19(21)22)10-18(16-11)9-12-5-7-17(8-6-12)14(20)23-15(2,3)4/h9,12H,5-8,10H2,1-4H3;10,12H,5-9H2,1-4H3. The number of aromatic nitrogens is 4. The lowest BCUT2D eigenvalue weighted by Crippen LogP contribution is -2.42. The smallest absolute Gasteiger partial charge is 0.410 e. The molecule has 2 aliphatic heterocycles. The van der Waals surface area contributed by atoms with Gasteiger partial charge in [0.2, 0.25) is 0 Å². The summed E-state index contributed by atoms with van der Waals surface area (Å²) >= 11 is 0. The molecule has 4 rings (SSSR count). The van der Waals surface area contributed by atoms with Crippen molar-refractivity contribution in [1.82, 2.24) is 29.4 Å². The Bertz CT molecular complexity index is 1360. The predicted octanol–water partition coefficient (Wildman–Crippen LogP) is 5.49. The van der Waals surface area contributed by atoms with E-state index in [1.165, 1.54) is 12.4 Å². The molecular formula is C30H48N8O8. The second kappa shape index (κ2) is 14.9. The summed E-state index contributed by atoms with van der Waals surface area (Å²) in [5.74, 6) is 0.708. The Labute approximate surface area is 269 Å². The molecule has 0 aromatic carbocycles. The number of amides is 2. The van der Waals surface area contributed by atoms with Crippen molar-refractivity contribution < 1.29 is 28.9 Å². The molecule has 16 nitrogen and oxygen atoms in total. The number of hydrogen-bond donors (Lipinski definition) is 0. The van der Waals surface area contributed by atoms with Crippen LogP contribution in [0.1, 0.15) is 78.6 Å². The van der Waals surface area contributed by atoms with Crippen LogP contribution in [-0.4, -0.2) is 88.8 Å². The number of nitro groups is 2. The zero-order chi connectivity index (χ0) is 34.4. The third-order valence-electron chi connectivity index (χ3n) is 7.80. The number of nitrogens with zero attached hydrogens (tertiary/aromatic N) is 8. The van der Waals surface area contributed by atoms with E-state index in [9.17, 15) is 29.8 Å². The van der Waals surface area contributed by atoms with Crippen LogP contribution in [0.3, 0.4) is 0 Å². The molecule has 0 spiro atoms. The van der Waals surface area contributed by atoms with E-state index in [0.717, 1.165) is 25.7 Å². The summed E-state index contributed by atoms with van der Waals surface area (Å²) in [6, 6.07) is 0. The van der Waals surface area contributed by atoms with Gasteiger partial charge in [-0.3, -0.25) is 29.6 Å². The summed E-state index contributed by atoms with van der Waals surface area (Å²) in [7, 11) is 0. The molecule has 2 fully saturated rings. The quantitative estimate of drug-likeness (QED) is 0.287. The van der Waals surface area contributed by atoms with Gasteiger partial charge in [0.15, 0.2) is 0 Å². The zero-order valence-electron chi connectivity index (χ0n) is 28.2. The minimum absolute atomic E-state index is 0.0520. The highest BCUT2D eigenvalue weighted by molar-refractivity contribution is 5.68. The van der Waals surface area contributed by atoms with E-state index in [1.807, 2.05) is 41.5 Å². The molecule has 0 unspecified atom stereocenters. The Balaban J connectivity index is 0.000000250. The first-order chi connectivity index (χ1) is 21.3. The zero-order valence-corrected chi connectivity index (χ0v) is 28.2. The molecule has 0 bridgehead atoms. The van der Waals surface area contributed by atoms with Gasteiger partial charge in [0.1, 0.15) is 35.0 Å². The van der Waals surface area contributed by atoms with E-state index in [1.54, 1.807) is 33.0 Å². The number of carbonyl (C=O) groups is 2. The van der Waals surface area contributed by atoms with Crippen molar-refractivity contribution in [2.24, 2.45) is 11.8 Å². The lowest BCUT2D eigenvalue weighted by Gasteiger charge is -2.33. The van der Waals surface area contributed by atoms with Crippen LogP contribution < -0.4 is 0 Å². The van der Waals surface area contributed by atoms with Gasteiger partial charge in [0.05, 0.1) is 9.85 Å². The molecule has 2 aromatic rings. The average molecular weight is 649 g/mol. The maximum Gasteiger partial charge on any atom is 0.410 e. The van der Waals surface area contributed by atoms with Crippen LogP contribution in [0.4, 0.5) is 21.0 Å². The van der Waals surface area contributed by atoms with Crippen LogP contribution in [0, 0.1) is 45.9 Å². The van der Waals surface area contributed by atoms with E-state index in [4.69, 9.17) is 9.47 Å². The van der Waals surface area contributed by atoms with Crippen molar-refractivity contribution in [3.8, 4) is 0 Å². The Morgan fingerprint density at radius 3 is 1.61 bits per heavy atom. The van der Waals surface area contributed by atoms with Crippen LogP contribution >= 0.6 is 0 Å². The topological polar surface area (TPSA) is 181 Å². The van der Waals surface area contributed by atoms with Gasteiger partial charge in [-0.05, 0) is 92.9 Å². The number of rotatable bonds is 6. The van der Waals surface area contributed by atoms with E-state index in [-0.39, 0.29) is 23.6 Å². The van der Waals surface area contributed by atoms with Crippen LogP contribution in [0.25, 0.3) is 0 Å². The number of ether oxygens (including phenoxy) is 2. The van der Waals surface area contributed by atoms with Crippen molar-refractivity contribution in [3.05, 3.63) is 44.0 Å². The first-order valence-electron chi connectivity index (χ1n) is 15.6. The molecular weight excluding hydrogens is 600 g/mol. The van der Waals surface area contributed by atoms with Gasteiger partial charge in [-0.15, -0.1) is 0 Å². The molecule has 0 saturated carbocycles. The number of likely N-dealkylation sites (tertiary alicyclic amines) is 2. The van der Waals surface area contributed by atoms with Gasteiger partial charge < -0.3 is 19.3 Å². The Morgan fingerprint density at radius 1 is 0.804 bits per heavy atom. The molecule has 2 aromatic heterocycles. The van der Waals surface area contributed by atoms with Crippen molar-refractivity contribution >= 4 is 23.6 Å². The van der Waals surface area contributed by atoms with Crippen molar-refractivity contribution in [2.45, 2.75) is 105 Å². The number of piperidine rings is 2. The minimum Gasteiger partial charge on any atom is -0.444 e. The molecule has 2 saturated heterocycles. The summed E-state index contributed by atoms with van der Waals surface area (Å²) in [6.07, 6.45) is 5.58. The van der Waals surface area contributed by atoms with Crippen LogP contribution in [-0.2, 0) is 22.6 Å². The molecule has 0 aliphatic carbocycles. The monoisotopic (exact) mass is 648 g/mol. The fourth-order valence-corrected chi connectivity index (χ4v) is 5.34. The molecule has 0 radical (unpaired) electrons. The highest BCUT2D eigenvalue weighted by atomic mass is 16.6. The maximum absolute atomic E-state index is 12.0. The average Bonchev–Trinajstić information content (AvgIpc) is 3.49. The predicted molar refractivity (Wildman–Crippen MR) is 168 cm³/mol. The number of carbonyl (C=O) groups excluding carboxylic acids is 2. The lowest BCUT2D eigenvalue weighted by atomic mass is 9.97. The van der Waals surface area contributed by atoms with Crippen molar-refractivity contribution in [1.29, 1.82) is 0 Å². The van der Waals surface area contributed by atoms with E-state index >= 15 is 0 Å². The SMILES string of the molecule is Cc1c([N+](=O)[O-])cnn1CC1CCN(C(=O)OC(C)(C)C)CC1.Cc1nn(CC2CCN(C(=O)OC(C)(C)C)CC2)cc1[N+](=O)[O-]. The molecule has 46 heavy (non-hydrogen) atoms. The third kappa shape index (κ3) is 10.7. The molecule has 16 heteroatoms. The van der Waals surface area contributed by atoms with Crippen molar-refractivity contribution in [2.75, 3.05) is 26.2 Å². The first-order valence-corrected chi connectivity index (χ1v) is 15.6. The van der Waals surface area contributed by atoms with E-state index in [0.29, 0.717) is 62.5 Å². The molecule has 4 heterocycles. The highest BCUT2D eigenvalue weighted by Gasteiger charge is 2.29. The van der Waals surface area contributed by atoms with Gasteiger partial charge in [-0.1, -0.05) is 0 Å². The van der Waals surface area contributed by atoms with Crippen LogP contribution in [0.2, 0.25) is 0 Å². The second-order valence-corrected chi connectivity index (χ2v) is 14.0. The largest absolute Gasteiger partial charge is 0.444 e. The van der Waals surface area contributed by atoms with Crippen LogP contribution in [0.5, 0.6) is 0 Å². The van der Waals surface area contributed by atoms with E-state index in [2.05, 4.69) is 10.2 Å². The van der Waals surface area contributed by atoms with Gasteiger partial charge in [0.25, 0.3) is 0 Å². The Morgan fingerprint density at radius 2 is 1.24 bits per heavy atom. The number of hydrogen-bond acceptors (Lipinski definition) is 10. The maximum atomic E-state index is 12.0. The summed E-state index contributed by atoms with van der Waals surface area (Å²) in [5.41, 5.74) is 0.136. The van der Waals surface area contributed by atoms with Gasteiger partial charge in [0, 0.05) is 39.3 Å². The summed E-state index contributed by atoms with van der Waals surface area (Å²) < 4.78 is 14.1. The summed E-state index contributed by atoms with van der Waals surface area (Å²) in [4.78, 5) is 48.4. The molecule has 0 atom stereocenters. The molecule has 0 N–H and O–H groups in total. The van der Waals surface area contributed by atoms with Gasteiger partial charge in [-0.2, -0.15) is 10.2 Å². The van der Waals surface area contributed by atoms with Crippen molar-refractivity contribution in [3.63, 3.8) is 0 Å². The molecule has 2 aliphatic rings. The van der Waals surface area contributed by atoms with Crippen LogP contribution in [0.15, 0.2) is 12.4 Å². The summed E-state index contributed by atoms with van der Waals surface area (Å²) in [5, 5.41) is 30.0. The first kappa shape index (κ1) is 36.2. The molecule has 256 valence electrons.